The molecule has 0 bridgehead atoms. The molecule has 0 unspecified atom stereocenters. The zero-order valence-electron chi connectivity index (χ0n) is 6.31. The molecule has 0 atom stereocenters. The van der Waals surface area contributed by atoms with E-state index in [1.54, 1.807) is 6.92 Å². The lowest BCUT2D eigenvalue weighted by atomic mass is 10.1. The fraction of sp³-hybridized carbons (Fsp3) is 0.625. The van der Waals surface area contributed by atoms with E-state index in [2.05, 4.69) is 11.4 Å². The number of carbonyl (C=O) groups excluding carboxylic acids is 1. The third-order valence-corrected chi connectivity index (χ3v) is 1.58. The first-order valence-corrected chi connectivity index (χ1v) is 3.67. The average Bonchev–Trinajstić information content (AvgIpc) is 1.88. The van der Waals surface area contributed by atoms with Crippen molar-refractivity contribution in [3.05, 3.63) is 11.6 Å². The Hall–Kier alpha value is -0.630. The maximum Gasteiger partial charge on any atom is 0.133 e. The first kappa shape index (κ1) is 7.48. The highest BCUT2D eigenvalue weighted by atomic mass is 16.1. The van der Waals surface area contributed by atoms with Crippen molar-refractivity contribution in [1.29, 1.82) is 0 Å². The molecular weight excluding hydrogens is 126 g/mol. The molecular formula is C8H13NO. The van der Waals surface area contributed by atoms with Crippen molar-refractivity contribution >= 4 is 5.78 Å². The molecule has 0 saturated heterocycles. The van der Waals surface area contributed by atoms with Crippen LogP contribution in [0.2, 0.25) is 0 Å². The van der Waals surface area contributed by atoms with Crippen LogP contribution in [0.3, 0.4) is 0 Å². The fourth-order valence-corrected chi connectivity index (χ4v) is 1.15. The SMILES string of the molecule is CC(=O)CC1=CCCNC1. The fourth-order valence-electron chi connectivity index (χ4n) is 1.15. The van der Waals surface area contributed by atoms with Gasteiger partial charge in [0.05, 0.1) is 0 Å². The summed E-state index contributed by atoms with van der Waals surface area (Å²) in [5.74, 6) is 0.259. The van der Waals surface area contributed by atoms with E-state index < -0.39 is 0 Å². The molecule has 0 aliphatic carbocycles. The molecule has 0 saturated carbocycles. The number of rotatable bonds is 2. The number of carbonyl (C=O) groups is 1. The van der Waals surface area contributed by atoms with Crippen molar-refractivity contribution in [2.24, 2.45) is 0 Å². The molecule has 2 heteroatoms. The highest BCUT2D eigenvalue weighted by Crippen LogP contribution is 2.05. The zero-order valence-corrected chi connectivity index (χ0v) is 6.31. The number of hydrogen-bond donors (Lipinski definition) is 1. The van der Waals surface area contributed by atoms with Gasteiger partial charge < -0.3 is 5.32 Å². The summed E-state index contributed by atoms with van der Waals surface area (Å²) in [5, 5.41) is 3.22. The van der Waals surface area contributed by atoms with Crippen LogP contribution in [-0.2, 0) is 4.79 Å². The minimum atomic E-state index is 0.259. The van der Waals surface area contributed by atoms with E-state index in [0.717, 1.165) is 19.5 Å². The molecule has 0 aromatic rings. The lowest BCUT2D eigenvalue weighted by molar-refractivity contribution is -0.116. The van der Waals surface area contributed by atoms with Crippen molar-refractivity contribution < 1.29 is 4.79 Å². The first-order valence-electron chi connectivity index (χ1n) is 3.67. The van der Waals surface area contributed by atoms with Crippen molar-refractivity contribution in [3.63, 3.8) is 0 Å². The molecule has 10 heavy (non-hydrogen) atoms. The van der Waals surface area contributed by atoms with E-state index in [4.69, 9.17) is 0 Å². The van der Waals surface area contributed by atoms with Gasteiger partial charge in [0.1, 0.15) is 5.78 Å². The maximum atomic E-state index is 10.6. The van der Waals surface area contributed by atoms with Crippen molar-refractivity contribution in [2.45, 2.75) is 19.8 Å². The number of nitrogens with one attached hydrogen (secondary N) is 1. The summed E-state index contributed by atoms with van der Waals surface area (Å²) in [6, 6.07) is 0. The van der Waals surface area contributed by atoms with Crippen LogP contribution >= 0.6 is 0 Å². The predicted molar refractivity (Wildman–Crippen MR) is 40.9 cm³/mol. The topological polar surface area (TPSA) is 29.1 Å². The third kappa shape index (κ3) is 2.31. The highest BCUT2D eigenvalue weighted by molar-refractivity contribution is 5.78. The summed E-state index contributed by atoms with van der Waals surface area (Å²) < 4.78 is 0. The van der Waals surface area contributed by atoms with Crippen LogP contribution in [0.4, 0.5) is 0 Å². The summed E-state index contributed by atoms with van der Waals surface area (Å²) in [6.07, 6.45) is 3.87. The van der Waals surface area contributed by atoms with E-state index in [-0.39, 0.29) is 5.78 Å². The molecule has 1 heterocycles. The molecule has 1 rings (SSSR count). The Balaban J connectivity index is 2.38. The molecule has 1 N–H and O–H groups in total. The van der Waals surface area contributed by atoms with Gasteiger partial charge in [-0.05, 0) is 19.9 Å². The maximum absolute atomic E-state index is 10.6. The Kier molecular flexibility index (Phi) is 2.63. The molecule has 0 fully saturated rings. The van der Waals surface area contributed by atoms with E-state index in [1.807, 2.05) is 0 Å². The zero-order chi connectivity index (χ0) is 7.40. The number of Topliss-reactive ketones (excluding diaryl/α,β-unsaturated/α-hetero) is 1. The van der Waals surface area contributed by atoms with Gasteiger partial charge in [0.15, 0.2) is 0 Å². The lowest BCUT2D eigenvalue weighted by Gasteiger charge is -2.12. The van der Waals surface area contributed by atoms with Crippen LogP contribution in [0, 0.1) is 0 Å². The summed E-state index contributed by atoms with van der Waals surface area (Å²) in [6.45, 7) is 3.59. The Morgan fingerprint density at radius 2 is 2.60 bits per heavy atom. The summed E-state index contributed by atoms with van der Waals surface area (Å²) in [4.78, 5) is 10.6. The van der Waals surface area contributed by atoms with Crippen LogP contribution in [0.25, 0.3) is 0 Å². The van der Waals surface area contributed by atoms with Gasteiger partial charge in [0, 0.05) is 13.0 Å². The first-order chi connectivity index (χ1) is 4.79. The van der Waals surface area contributed by atoms with Gasteiger partial charge in [0.2, 0.25) is 0 Å². The molecule has 0 aromatic heterocycles. The minimum absolute atomic E-state index is 0.259. The second-order valence-electron chi connectivity index (χ2n) is 2.71. The Bertz CT molecular complexity index is 161. The van der Waals surface area contributed by atoms with Gasteiger partial charge >= 0.3 is 0 Å². The van der Waals surface area contributed by atoms with Gasteiger partial charge in [0.25, 0.3) is 0 Å². The minimum Gasteiger partial charge on any atom is -0.313 e. The molecule has 0 spiro atoms. The summed E-state index contributed by atoms with van der Waals surface area (Å²) in [5.41, 5.74) is 1.25. The molecule has 1 aliphatic heterocycles. The van der Waals surface area contributed by atoms with Crippen LogP contribution in [0.5, 0.6) is 0 Å². The molecule has 0 amide bonds. The molecule has 0 aromatic carbocycles. The van der Waals surface area contributed by atoms with Crippen LogP contribution in [0.1, 0.15) is 19.8 Å². The smallest absolute Gasteiger partial charge is 0.133 e. The van der Waals surface area contributed by atoms with E-state index in [9.17, 15) is 4.79 Å². The van der Waals surface area contributed by atoms with Gasteiger partial charge in [-0.25, -0.2) is 0 Å². The number of hydrogen-bond acceptors (Lipinski definition) is 2. The Labute approximate surface area is 61.3 Å². The van der Waals surface area contributed by atoms with Crippen molar-refractivity contribution in [3.8, 4) is 0 Å². The monoisotopic (exact) mass is 139 g/mol. The normalized spacial score (nSPS) is 18.3. The van der Waals surface area contributed by atoms with Gasteiger partial charge in [-0.1, -0.05) is 11.6 Å². The third-order valence-electron chi connectivity index (χ3n) is 1.58. The lowest BCUT2D eigenvalue weighted by Crippen LogP contribution is -2.22. The van der Waals surface area contributed by atoms with Gasteiger partial charge in [-0.2, -0.15) is 0 Å². The predicted octanol–water partition coefficient (Wildman–Crippen LogP) is 0.885. The summed E-state index contributed by atoms with van der Waals surface area (Å²) >= 11 is 0. The van der Waals surface area contributed by atoms with E-state index in [1.165, 1.54) is 5.57 Å². The highest BCUT2D eigenvalue weighted by Gasteiger charge is 2.03. The van der Waals surface area contributed by atoms with E-state index in [0.29, 0.717) is 6.42 Å². The van der Waals surface area contributed by atoms with Crippen molar-refractivity contribution in [1.82, 2.24) is 5.32 Å². The Morgan fingerprint density at radius 1 is 1.80 bits per heavy atom. The molecule has 1 aliphatic rings. The van der Waals surface area contributed by atoms with Crippen molar-refractivity contribution in [2.75, 3.05) is 13.1 Å². The average molecular weight is 139 g/mol. The summed E-state index contributed by atoms with van der Waals surface area (Å²) in [7, 11) is 0. The quantitative estimate of drug-likeness (QED) is 0.575. The van der Waals surface area contributed by atoms with Gasteiger partial charge in [-0.15, -0.1) is 0 Å². The van der Waals surface area contributed by atoms with Crippen LogP contribution < -0.4 is 5.32 Å². The molecule has 56 valence electrons. The Morgan fingerprint density at radius 3 is 3.10 bits per heavy atom. The standard InChI is InChI=1S/C8H13NO/c1-7(10)5-8-3-2-4-9-6-8/h3,9H,2,4-6H2,1H3. The molecule has 0 radical (unpaired) electrons. The number of ketones is 1. The molecule has 2 nitrogen and oxygen atoms in total. The largest absolute Gasteiger partial charge is 0.313 e. The van der Waals surface area contributed by atoms with E-state index >= 15 is 0 Å². The second kappa shape index (κ2) is 3.52. The second-order valence-corrected chi connectivity index (χ2v) is 2.71. The van der Waals surface area contributed by atoms with Gasteiger partial charge in [-0.3, -0.25) is 4.79 Å². The van der Waals surface area contributed by atoms with Crippen LogP contribution in [-0.4, -0.2) is 18.9 Å². The van der Waals surface area contributed by atoms with Crippen LogP contribution in [0.15, 0.2) is 11.6 Å².